The summed E-state index contributed by atoms with van der Waals surface area (Å²) < 4.78 is 16.4. The molecule has 0 aromatic rings. The van der Waals surface area contributed by atoms with Crippen LogP contribution in [0.2, 0.25) is 0 Å². The van der Waals surface area contributed by atoms with Crippen LogP contribution in [0.25, 0.3) is 0 Å². The van der Waals surface area contributed by atoms with Crippen LogP contribution in [0.1, 0.15) is 0 Å². The average Bonchev–Trinajstić information content (AvgIpc) is 1.63. The Bertz CT molecular complexity index is 70.0. The van der Waals surface area contributed by atoms with Crippen molar-refractivity contribution in [3.8, 4) is 0 Å². The molecule has 0 aliphatic carbocycles. The Morgan fingerprint density at radius 2 is 2.22 bits per heavy atom. The predicted octanol–water partition coefficient (Wildman–Crippen LogP) is 0.366. The molecule has 1 N–H and O–H groups in total. The van der Waals surface area contributed by atoms with Crippen molar-refractivity contribution in [2.24, 2.45) is 0 Å². The molecule has 0 spiro atoms. The highest BCUT2D eigenvalue weighted by Crippen LogP contribution is 1.96. The van der Waals surface area contributed by atoms with Gasteiger partial charge >= 0.3 is 0 Å². The van der Waals surface area contributed by atoms with Crippen molar-refractivity contribution in [3.05, 3.63) is 0 Å². The van der Waals surface area contributed by atoms with Gasteiger partial charge in [0.15, 0.2) is 0 Å². The number of hydrogen-bond acceptors (Lipinski definition) is 2. The smallest absolute Gasteiger partial charge is 0.113 e. The fraction of sp³-hybridized carbons (Fsp3) is 1.00. The molecule has 0 unspecified atom stereocenters. The fourth-order valence-corrected chi connectivity index (χ4v) is 0.591. The topological polar surface area (TPSA) is 21.3 Å². The maximum atomic E-state index is 11.4. The Morgan fingerprint density at radius 1 is 1.56 bits per heavy atom. The molecule has 56 valence electrons. The molecule has 0 aromatic carbocycles. The summed E-state index contributed by atoms with van der Waals surface area (Å²) in [6.45, 7) is 1.67. The van der Waals surface area contributed by atoms with E-state index >= 15 is 0 Å². The summed E-state index contributed by atoms with van der Waals surface area (Å²) in [5.74, 6) is 0. The van der Waals surface area contributed by atoms with E-state index < -0.39 is 0 Å². The Labute approximate surface area is 60.2 Å². The fourth-order valence-electron chi connectivity index (χ4n) is 0.591. The predicted molar refractivity (Wildman–Crippen MR) is 35.8 cm³/mol. The maximum absolute atomic E-state index is 11.4. The second-order valence-electron chi connectivity index (χ2n) is 1.84. The lowest BCUT2D eigenvalue weighted by Crippen LogP contribution is -2.48. The van der Waals surface area contributed by atoms with Gasteiger partial charge in [-0.1, -0.05) is 0 Å². The van der Waals surface area contributed by atoms with Crippen LogP contribution in [-0.4, -0.2) is 32.5 Å². The minimum Gasteiger partial charge on any atom is -0.373 e. The first-order valence-electron chi connectivity index (χ1n) is 2.82. The summed E-state index contributed by atoms with van der Waals surface area (Å²) in [5, 5.41) is 3.02. The first-order valence-corrected chi connectivity index (χ1v) is 2.82. The summed E-state index contributed by atoms with van der Waals surface area (Å²) in [6.07, 6.45) is 0.283. The molecule has 1 aliphatic heterocycles. The standard InChI is InChI=1S/C5H10FNO.ClH/c6-1-2-8-5-3-7-4-5;/h5,7H,1-4H2;1H. The number of hydrogen-bond donors (Lipinski definition) is 1. The van der Waals surface area contributed by atoms with Crippen molar-refractivity contribution in [2.75, 3.05) is 26.4 Å². The largest absolute Gasteiger partial charge is 0.373 e. The van der Waals surface area contributed by atoms with E-state index in [0.29, 0.717) is 0 Å². The lowest BCUT2D eigenvalue weighted by molar-refractivity contribution is 0.0124. The summed E-state index contributed by atoms with van der Waals surface area (Å²) >= 11 is 0. The van der Waals surface area contributed by atoms with Gasteiger partial charge in [0.2, 0.25) is 0 Å². The lowest BCUT2D eigenvalue weighted by Gasteiger charge is -2.26. The minimum atomic E-state index is -0.365. The molecule has 1 saturated heterocycles. The quantitative estimate of drug-likeness (QED) is 0.636. The van der Waals surface area contributed by atoms with Gasteiger partial charge in [-0.25, -0.2) is 4.39 Å². The molecule has 4 heteroatoms. The van der Waals surface area contributed by atoms with Gasteiger partial charge in [-0.3, -0.25) is 0 Å². The zero-order valence-electron chi connectivity index (χ0n) is 5.10. The van der Waals surface area contributed by atoms with Crippen LogP contribution < -0.4 is 5.32 Å². The van der Waals surface area contributed by atoms with Crippen molar-refractivity contribution in [3.63, 3.8) is 0 Å². The van der Waals surface area contributed by atoms with Crippen LogP contribution in [0.15, 0.2) is 0 Å². The van der Waals surface area contributed by atoms with Crippen molar-refractivity contribution >= 4 is 12.4 Å². The first kappa shape index (κ1) is 9.14. The molecule has 1 heterocycles. The van der Waals surface area contributed by atoms with E-state index in [-0.39, 0.29) is 31.8 Å². The van der Waals surface area contributed by atoms with E-state index in [0.717, 1.165) is 13.1 Å². The molecule has 2 nitrogen and oxygen atoms in total. The molecule has 0 radical (unpaired) electrons. The van der Waals surface area contributed by atoms with Crippen molar-refractivity contribution in [2.45, 2.75) is 6.10 Å². The zero-order valence-corrected chi connectivity index (χ0v) is 5.92. The third-order valence-electron chi connectivity index (χ3n) is 1.17. The Morgan fingerprint density at radius 3 is 2.56 bits per heavy atom. The highest BCUT2D eigenvalue weighted by molar-refractivity contribution is 5.85. The van der Waals surface area contributed by atoms with Gasteiger partial charge in [0.05, 0.1) is 12.7 Å². The van der Waals surface area contributed by atoms with Gasteiger partial charge < -0.3 is 10.1 Å². The van der Waals surface area contributed by atoms with Crippen LogP contribution in [0.3, 0.4) is 0 Å². The second-order valence-corrected chi connectivity index (χ2v) is 1.84. The summed E-state index contributed by atoms with van der Waals surface area (Å²) in [5.41, 5.74) is 0. The number of ether oxygens (including phenoxy) is 1. The molecule has 1 rings (SSSR count). The van der Waals surface area contributed by atoms with Gasteiger partial charge in [0.25, 0.3) is 0 Å². The lowest BCUT2D eigenvalue weighted by atomic mass is 10.2. The molecule has 0 bridgehead atoms. The average molecular weight is 156 g/mol. The van der Waals surface area contributed by atoms with Crippen LogP contribution in [0, 0.1) is 0 Å². The molecule has 0 atom stereocenters. The minimum absolute atomic E-state index is 0. The van der Waals surface area contributed by atoms with Crippen molar-refractivity contribution in [1.82, 2.24) is 5.32 Å². The molecular weight excluding hydrogens is 145 g/mol. The van der Waals surface area contributed by atoms with Crippen LogP contribution >= 0.6 is 12.4 Å². The summed E-state index contributed by atoms with van der Waals surface area (Å²) in [7, 11) is 0. The van der Waals surface area contributed by atoms with E-state index in [1.807, 2.05) is 0 Å². The van der Waals surface area contributed by atoms with Gasteiger partial charge in [-0.2, -0.15) is 0 Å². The van der Waals surface area contributed by atoms with Gasteiger partial charge in [0, 0.05) is 13.1 Å². The monoisotopic (exact) mass is 155 g/mol. The molecule has 0 saturated carbocycles. The number of nitrogens with one attached hydrogen (secondary N) is 1. The molecular formula is C5H11ClFNO. The molecule has 9 heavy (non-hydrogen) atoms. The first-order chi connectivity index (χ1) is 3.93. The third-order valence-corrected chi connectivity index (χ3v) is 1.17. The molecule has 1 aliphatic rings. The Hall–Kier alpha value is 0.140. The summed E-state index contributed by atoms with van der Waals surface area (Å²) in [4.78, 5) is 0. The van der Waals surface area contributed by atoms with Crippen LogP contribution in [0.4, 0.5) is 4.39 Å². The molecule has 1 fully saturated rings. The SMILES string of the molecule is Cl.FCCOC1CNC1. The number of alkyl halides is 1. The second kappa shape index (κ2) is 4.97. The van der Waals surface area contributed by atoms with E-state index in [9.17, 15) is 4.39 Å². The van der Waals surface area contributed by atoms with E-state index in [1.165, 1.54) is 0 Å². The Kier molecular flexibility index (Phi) is 5.04. The van der Waals surface area contributed by atoms with Gasteiger partial charge in [-0.15, -0.1) is 12.4 Å². The van der Waals surface area contributed by atoms with Crippen LogP contribution in [0.5, 0.6) is 0 Å². The zero-order chi connectivity index (χ0) is 5.82. The highest BCUT2D eigenvalue weighted by Gasteiger charge is 2.15. The number of rotatable bonds is 3. The normalized spacial score (nSPS) is 18.3. The third kappa shape index (κ3) is 2.98. The van der Waals surface area contributed by atoms with E-state index in [2.05, 4.69) is 5.32 Å². The van der Waals surface area contributed by atoms with Gasteiger partial charge in [-0.05, 0) is 0 Å². The van der Waals surface area contributed by atoms with E-state index in [4.69, 9.17) is 4.74 Å². The highest BCUT2D eigenvalue weighted by atomic mass is 35.5. The van der Waals surface area contributed by atoms with Gasteiger partial charge in [0.1, 0.15) is 6.67 Å². The molecule has 0 aromatic heterocycles. The van der Waals surface area contributed by atoms with Crippen molar-refractivity contribution < 1.29 is 9.13 Å². The molecule has 0 amide bonds. The summed E-state index contributed by atoms with van der Waals surface area (Å²) in [6, 6.07) is 0. The number of halogens is 2. The van der Waals surface area contributed by atoms with Crippen molar-refractivity contribution in [1.29, 1.82) is 0 Å². The van der Waals surface area contributed by atoms with Crippen LogP contribution in [-0.2, 0) is 4.74 Å². The van der Waals surface area contributed by atoms with E-state index in [1.54, 1.807) is 0 Å². The maximum Gasteiger partial charge on any atom is 0.113 e. The Balaban J connectivity index is 0.000000640.